The van der Waals surface area contributed by atoms with E-state index in [4.69, 9.17) is 0 Å². The highest BCUT2D eigenvalue weighted by molar-refractivity contribution is 5.55. The Morgan fingerprint density at radius 3 is 2.81 bits per heavy atom. The van der Waals surface area contributed by atoms with Gasteiger partial charge in [0.05, 0.1) is 6.54 Å². The van der Waals surface area contributed by atoms with Crippen LogP contribution in [0.3, 0.4) is 0 Å². The van der Waals surface area contributed by atoms with Crippen molar-refractivity contribution in [1.29, 1.82) is 0 Å². The monoisotopic (exact) mass is 210 g/mol. The third kappa shape index (κ3) is 1.74. The number of hydrogen-bond donors (Lipinski definition) is 2. The number of fused-ring (bicyclic) bond motifs is 1. The van der Waals surface area contributed by atoms with Gasteiger partial charge in [-0.2, -0.15) is 0 Å². The molecule has 2 heterocycles. The summed E-state index contributed by atoms with van der Waals surface area (Å²) in [7, 11) is 0. The fraction of sp³-hybridized carbons (Fsp3) is 0.143. The van der Waals surface area contributed by atoms with Gasteiger partial charge in [-0.1, -0.05) is 30.3 Å². The Hall–Kier alpha value is -1.96. The van der Waals surface area contributed by atoms with Crippen molar-refractivity contribution in [1.82, 2.24) is 10.3 Å². The normalized spacial score (nSPS) is 13.2. The number of hydrogen-bond acceptors (Lipinski definition) is 1. The minimum atomic E-state index is 0.903. The van der Waals surface area contributed by atoms with Gasteiger partial charge in [0.1, 0.15) is 0 Å². The molecule has 0 fully saturated rings. The van der Waals surface area contributed by atoms with Crippen molar-refractivity contribution in [2.75, 3.05) is 0 Å². The third-order valence-corrected chi connectivity index (χ3v) is 2.89. The van der Waals surface area contributed by atoms with Gasteiger partial charge in [0.2, 0.25) is 0 Å². The molecule has 0 atom stereocenters. The Balaban J connectivity index is 1.86. The van der Waals surface area contributed by atoms with Crippen LogP contribution in [0.25, 0.3) is 6.08 Å². The van der Waals surface area contributed by atoms with Gasteiger partial charge < -0.3 is 10.3 Å². The molecule has 2 heteroatoms. The first-order valence-electron chi connectivity index (χ1n) is 5.56. The minimum absolute atomic E-state index is 0.903. The second-order valence-electron chi connectivity index (χ2n) is 4.11. The maximum atomic E-state index is 3.47. The molecule has 0 saturated carbocycles. The molecule has 0 saturated heterocycles. The summed E-state index contributed by atoms with van der Waals surface area (Å²) >= 11 is 0. The molecule has 0 amide bonds. The Morgan fingerprint density at radius 2 is 2.00 bits per heavy atom. The summed E-state index contributed by atoms with van der Waals surface area (Å²) in [6.45, 7) is 0.903. The first-order valence-corrected chi connectivity index (χ1v) is 5.56. The molecular weight excluding hydrogens is 196 g/mol. The van der Waals surface area contributed by atoms with Crippen molar-refractivity contribution in [3.63, 3.8) is 0 Å². The fourth-order valence-electron chi connectivity index (χ4n) is 2.09. The van der Waals surface area contributed by atoms with E-state index in [0.29, 0.717) is 0 Å². The van der Waals surface area contributed by atoms with Crippen LogP contribution in [0.5, 0.6) is 0 Å². The van der Waals surface area contributed by atoms with Gasteiger partial charge in [0, 0.05) is 17.8 Å². The molecule has 2 aromatic rings. The number of aromatic amines is 1. The number of aromatic nitrogens is 1. The van der Waals surface area contributed by atoms with Crippen LogP contribution in [0.15, 0.2) is 42.6 Å². The van der Waals surface area contributed by atoms with Crippen LogP contribution >= 0.6 is 0 Å². The molecule has 2 nitrogen and oxygen atoms in total. The van der Waals surface area contributed by atoms with Crippen LogP contribution in [0.1, 0.15) is 22.5 Å². The SMILES string of the molecule is C1=Cc2cc(Cc3ccccc3)[nH]c2CN1. The van der Waals surface area contributed by atoms with E-state index in [2.05, 4.69) is 52.8 Å². The second kappa shape index (κ2) is 3.89. The molecule has 0 aliphatic carbocycles. The lowest BCUT2D eigenvalue weighted by Gasteiger charge is -2.05. The van der Waals surface area contributed by atoms with Crippen LogP contribution in [0.2, 0.25) is 0 Å². The molecule has 2 N–H and O–H groups in total. The molecule has 0 spiro atoms. The van der Waals surface area contributed by atoms with Crippen LogP contribution in [-0.4, -0.2) is 4.98 Å². The molecule has 1 aromatic heterocycles. The largest absolute Gasteiger partial charge is 0.385 e. The van der Waals surface area contributed by atoms with Gasteiger partial charge in [-0.25, -0.2) is 0 Å². The quantitative estimate of drug-likeness (QED) is 0.783. The second-order valence-corrected chi connectivity index (χ2v) is 4.11. The molecular formula is C14H14N2. The van der Waals surface area contributed by atoms with Gasteiger partial charge in [0.15, 0.2) is 0 Å². The summed E-state index contributed by atoms with van der Waals surface area (Å²) in [6.07, 6.45) is 5.09. The van der Waals surface area contributed by atoms with E-state index in [1.165, 1.54) is 22.5 Å². The van der Waals surface area contributed by atoms with Crippen LogP contribution in [0.4, 0.5) is 0 Å². The Labute approximate surface area is 95.0 Å². The summed E-state index contributed by atoms with van der Waals surface area (Å²) < 4.78 is 0. The predicted octanol–water partition coefficient (Wildman–Crippen LogP) is 2.68. The van der Waals surface area contributed by atoms with Gasteiger partial charge in [-0.15, -0.1) is 0 Å². The minimum Gasteiger partial charge on any atom is -0.385 e. The van der Waals surface area contributed by atoms with E-state index < -0.39 is 0 Å². The molecule has 1 aromatic carbocycles. The van der Waals surface area contributed by atoms with E-state index in [9.17, 15) is 0 Å². The topological polar surface area (TPSA) is 27.8 Å². The Bertz CT molecular complexity index is 509. The molecule has 0 unspecified atom stereocenters. The third-order valence-electron chi connectivity index (χ3n) is 2.89. The first kappa shape index (κ1) is 9.28. The molecule has 80 valence electrons. The van der Waals surface area contributed by atoms with Gasteiger partial charge in [-0.05, 0) is 29.5 Å². The van der Waals surface area contributed by atoms with E-state index in [-0.39, 0.29) is 0 Å². The lowest BCUT2D eigenvalue weighted by Crippen LogP contribution is -2.09. The predicted molar refractivity (Wildman–Crippen MR) is 65.9 cm³/mol. The zero-order chi connectivity index (χ0) is 10.8. The highest BCUT2D eigenvalue weighted by Gasteiger charge is 2.08. The average molecular weight is 210 g/mol. The molecule has 16 heavy (non-hydrogen) atoms. The van der Waals surface area contributed by atoms with Crippen molar-refractivity contribution in [3.05, 3.63) is 65.1 Å². The fourth-order valence-corrected chi connectivity index (χ4v) is 2.09. The van der Waals surface area contributed by atoms with E-state index in [0.717, 1.165) is 13.0 Å². The standard InChI is InChI=1S/C14H14N2/c1-2-4-11(5-3-1)8-13-9-12-6-7-15-10-14(12)16-13/h1-7,9,15-16H,8,10H2. The van der Waals surface area contributed by atoms with E-state index in [1.54, 1.807) is 0 Å². The number of benzene rings is 1. The van der Waals surface area contributed by atoms with Crippen molar-refractivity contribution in [2.24, 2.45) is 0 Å². The van der Waals surface area contributed by atoms with Gasteiger partial charge >= 0.3 is 0 Å². The zero-order valence-corrected chi connectivity index (χ0v) is 9.03. The summed E-state index contributed by atoms with van der Waals surface area (Å²) in [5.74, 6) is 0. The lowest BCUT2D eigenvalue weighted by molar-refractivity contribution is 0.828. The molecule has 0 bridgehead atoms. The molecule has 1 aliphatic rings. The van der Waals surface area contributed by atoms with Crippen LogP contribution < -0.4 is 5.32 Å². The van der Waals surface area contributed by atoms with E-state index >= 15 is 0 Å². The summed E-state index contributed by atoms with van der Waals surface area (Å²) in [6, 6.07) is 12.8. The summed E-state index contributed by atoms with van der Waals surface area (Å²) in [5.41, 5.74) is 5.22. The van der Waals surface area contributed by atoms with Crippen molar-refractivity contribution >= 4 is 6.08 Å². The van der Waals surface area contributed by atoms with Gasteiger partial charge in [-0.3, -0.25) is 0 Å². The van der Waals surface area contributed by atoms with Crippen LogP contribution in [0, 0.1) is 0 Å². The molecule has 1 aliphatic heterocycles. The smallest absolute Gasteiger partial charge is 0.0551 e. The van der Waals surface area contributed by atoms with Crippen molar-refractivity contribution in [2.45, 2.75) is 13.0 Å². The van der Waals surface area contributed by atoms with E-state index in [1.807, 2.05) is 6.20 Å². The van der Waals surface area contributed by atoms with Gasteiger partial charge in [0.25, 0.3) is 0 Å². The van der Waals surface area contributed by atoms with Crippen molar-refractivity contribution in [3.8, 4) is 0 Å². The number of nitrogens with one attached hydrogen (secondary N) is 2. The summed E-state index contributed by atoms with van der Waals surface area (Å²) in [5, 5.41) is 3.21. The van der Waals surface area contributed by atoms with Crippen LogP contribution in [-0.2, 0) is 13.0 Å². The number of H-pyrrole nitrogens is 1. The summed E-state index contributed by atoms with van der Waals surface area (Å²) in [4.78, 5) is 3.47. The number of rotatable bonds is 2. The lowest BCUT2D eigenvalue weighted by atomic mass is 10.1. The first-order chi connectivity index (χ1) is 7.92. The Kier molecular flexibility index (Phi) is 2.26. The molecule has 3 rings (SSSR count). The zero-order valence-electron chi connectivity index (χ0n) is 9.03. The maximum absolute atomic E-state index is 3.47. The maximum Gasteiger partial charge on any atom is 0.0551 e. The average Bonchev–Trinajstić information content (AvgIpc) is 2.72. The molecule has 0 radical (unpaired) electrons. The van der Waals surface area contributed by atoms with Crippen molar-refractivity contribution < 1.29 is 0 Å². The highest BCUT2D eigenvalue weighted by Crippen LogP contribution is 2.18. The highest BCUT2D eigenvalue weighted by atomic mass is 14.9. The Morgan fingerprint density at radius 1 is 1.12 bits per heavy atom.